The maximum atomic E-state index is 12.1. The van der Waals surface area contributed by atoms with Crippen LogP contribution in [0.2, 0.25) is 0 Å². The number of ether oxygens (including phenoxy) is 3. The Morgan fingerprint density at radius 1 is 1.12 bits per heavy atom. The fourth-order valence-corrected chi connectivity index (χ4v) is 2.77. The molecule has 0 fully saturated rings. The Bertz CT molecular complexity index is 885. The van der Waals surface area contributed by atoms with E-state index in [9.17, 15) is 4.79 Å². The lowest BCUT2D eigenvalue weighted by atomic mass is 10.1. The normalized spacial score (nSPS) is 15.2. The predicted molar refractivity (Wildman–Crippen MR) is 109 cm³/mol. The van der Waals surface area contributed by atoms with E-state index in [4.69, 9.17) is 14.2 Å². The van der Waals surface area contributed by atoms with E-state index >= 15 is 0 Å². The molecule has 1 aliphatic rings. The topological polar surface area (TPSA) is 57.1 Å². The second-order valence-corrected chi connectivity index (χ2v) is 7.17. The second-order valence-electron chi connectivity index (χ2n) is 5.92. The third-order valence-electron chi connectivity index (χ3n) is 3.57. The number of carbonyl (C=O) groups excluding carboxylic acids is 1. The summed E-state index contributed by atoms with van der Waals surface area (Å²) in [6, 6.07) is 13.1. The molecule has 0 saturated heterocycles. The number of halogens is 1. The number of benzene rings is 2. The van der Waals surface area contributed by atoms with Gasteiger partial charge in [0.25, 0.3) is 0 Å². The van der Waals surface area contributed by atoms with Gasteiger partial charge in [-0.3, -0.25) is 0 Å². The highest BCUT2D eigenvalue weighted by atomic mass is 127. The van der Waals surface area contributed by atoms with E-state index in [1.54, 1.807) is 19.3 Å². The van der Waals surface area contributed by atoms with Crippen LogP contribution < -0.4 is 9.47 Å². The van der Waals surface area contributed by atoms with Crippen LogP contribution in [-0.4, -0.2) is 25.1 Å². The summed E-state index contributed by atoms with van der Waals surface area (Å²) in [6.45, 7) is 3.90. The molecule has 0 aromatic heterocycles. The Kier molecular flexibility index (Phi) is 5.61. The van der Waals surface area contributed by atoms with Gasteiger partial charge in [-0.2, -0.15) is 0 Å². The summed E-state index contributed by atoms with van der Waals surface area (Å²) in [4.78, 5) is 16.5. The summed E-state index contributed by atoms with van der Waals surface area (Å²) in [6.07, 6.45) is 1.71. The number of esters is 1. The molecule has 1 aliphatic heterocycles. The quantitative estimate of drug-likeness (QED) is 0.374. The van der Waals surface area contributed by atoms with Crippen LogP contribution >= 0.6 is 22.6 Å². The van der Waals surface area contributed by atoms with Gasteiger partial charge < -0.3 is 14.2 Å². The minimum Gasteiger partial charge on any atom is -0.493 e. The first-order valence-electron chi connectivity index (χ1n) is 8.09. The summed E-state index contributed by atoms with van der Waals surface area (Å²) < 4.78 is 17.5. The van der Waals surface area contributed by atoms with Crippen molar-refractivity contribution in [2.45, 2.75) is 20.0 Å². The summed E-state index contributed by atoms with van der Waals surface area (Å²) in [7, 11) is 1.58. The molecular weight excluding hydrogens is 445 g/mol. The molecule has 0 amide bonds. The number of hydrogen-bond acceptors (Lipinski definition) is 5. The average Bonchev–Trinajstić information content (AvgIpc) is 2.97. The van der Waals surface area contributed by atoms with Crippen LogP contribution in [0.25, 0.3) is 6.08 Å². The van der Waals surface area contributed by atoms with Crippen molar-refractivity contribution in [1.29, 1.82) is 0 Å². The molecule has 2 aromatic rings. The lowest BCUT2D eigenvalue weighted by Gasteiger charge is -2.13. The summed E-state index contributed by atoms with van der Waals surface area (Å²) in [5, 5.41) is 0. The Morgan fingerprint density at radius 3 is 2.50 bits per heavy atom. The van der Waals surface area contributed by atoms with Crippen molar-refractivity contribution >= 4 is 40.5 Å². The van der Waals surface area contributed by atoms with E-state index in [-0.39, 0.29) is 11.8 Å². The fourth-order valence-electron chi connectivity index (χ4n) is 2.41. The summed E-state index contributed by atoms with van der Waals surface area (Å²) in [5.41, 5.74) is 1.79. The molecule has 0 radical (unpaired) electrons. The third kappa shape index (κ3) is 4.24. The maximum Gasteiger partial charge on any atom is 0.363 e. The molecule has 0 aliphatic carbocycles. The number of cyclic esters (lactones) is 1. The molecule has 0 atom stereocenters. The van der Waals surface area contributed by atoms with Crippen LogP contribution in [0.4, 0.5) is 0 Å². The molecule has 2 aromatic carbocycles. The molecule has 1 heterocycles. The number of rotatable bonds is 5. The van der Waals surface area contributed by atoms with Gasteiger partial charge in [-0.1, -0.05) is 6.07 Å². The minimum absolute atomic E-state index is 0.0407. The largest absolute Gasteiger partial charge is 0.493 e. The van der Waals surface area contributed by atoms with Gasteiger partial charge in [-0.15, -0.1) is 0 Å². The number of aliphatic imine (C=N–C) groups is 1. The van der Waals surface area contributed by atoms with Crippen molar-refractivity contribution in [2.75, 3.05) is 7.11 Å². The Hall–Kier alpha value is -2.35. The number of carbonyl (C=O) groups is 1. The number of hydrogen-bond donors (Lipinski definition) is 0. The van der Waals surface area contributed by atoms with E-state index < -0.39 is 5.97 Å². The molecule has 26 heavy (non-hydrogen) atoms. The Balaban J connectivity index is 1.89. The van der Waals surface area contributed by atoms with E-state index in [1.165, 1.54) is 0 Å². The highest BCUT2D eigenvalue weighted by Crippen LogP contribution is 2.30. The molecule has 0 bridgehead atoms. The lowest BCUT2D eigenvalue weighted by Crippen LogP contribution is -2.06. The number of nitrogens with zero attached hydrogens (tertiary/aromatic N) is 1. The summed E-state index contributed by atoms with van der Waals surface area (Å²) in [5.74, 6) is 1.09. The first kappa shape index (κ1) is 18.4. The Morgan fingerprint density at radius 2 is 1.85 bits per heavy atom. The van der Waals surface area contributed by atoms with Crippen molar-refractivity contribution in [3.8, 4) is 11.5 Å². The van der Waals surface area contributed by atoms with Crippen molar-refractivity contribution in [3.63, 3.8) is 0 Å². The van der Waals surface area contributed by atoms with Crippen LogP contribution in [0.5, 0.6) is 11.5 Å². The lowest BCUT2D eigenvalue weighted by molar-refractivity contribution is -0.129. The summed E-state index contributed by atoms with van der Waals surface area (Å²) >= 11 is 2.22. The smallest absolute Gasteiger partial charge is 0.363 e. The zero-order chi connectivity index (χ0) is 18.7. The third-order valence-corrected chi connectivity index (χ3v) is 4.28. The van der Waals surface area contributed by atoms with Gasteiger partial charge in [-0.25, -0.2) is 9.79 Å². The van der Waals surface area contributed by atoms with Crippen molar-refractivity contribution < 1.29 is 19.0 Å². The van der Waals surface area contributed by atoms with Crippen molar-refractivity contribution in [2.24, 2.45) is 4.99 Å². The zero-order valence-corrected chi connectivity index (χ0v) is 16.8. The Labute approximate surface area is 165 Å². The van der Waals surface area contributed by atoms with Gasteiger partial charge in [0, 0.05) is 9.13 Å². The van der Waals surface area contributed by atoms with Crippen LogP contribution in [0.15, 0.2) is 53.2 Å². The number of methoxy groups -OCH3 is 1. The highest BCUT2D eigenvalue weighted by molar-refractivity contribution is 14.1. The van der Waals surface area contributed by atoms with E-state index in [0.717, 1.165) is 14.7 Å². The van der Waals surface area contributed by atoms with Gasteiger partial charge in [-0.05, 0) is 84.5 Å². The molecular formula is C20H18INO4. The molecule has 0 spiro atoms. The van der Waals surface area contributed by atoms with Gasteiger partial charge >= 0.3 is 5.97 Å². The standard InChI is InChI=1S/C20H18INO4/c1-12(2)25-17-9-4-13(11-18(17)24-3)10-16-20(23)26-19(22-16)14-5-7-15(21)8-6-14/h4-12H,1-3H3/b16-10-. The molecule has 5 nitrogen and oxygen atoms in total. The monoisotopic (exact) mass is 463 g/mol. The van der Waals surface area contributed by atoms with E-state index in [0.29, 0.717) is 17.4 Å². The van der Waals surface area contributed by atoms with Crippen LogP contribution in [0.1, 0.15) is 25.0 Å². The van der Waals surface area contributed by atoms with Crippen LogP contribution in [0.3, 0.4) is 0 Å². The van der Waals surface area contributed by atoms with Gasteiger partial charge in [0.15, 0.2) is 17.2 Å². The van der Waals surface area contributed by atoms with Crippen molar-refractivity contribution in [1.82, 2.24) is 0 Å². The van der Waals surface area contributed by atoms with Crippen LogP contribution in [0, 0.1) is 3.57 Å². The van der Waals surface area contributed by atoms with Crippen molar-refractivity contribution in [3.05, 3.63) is 62.9 Å². The SMILES string of the molecule is COc1cc(/C=C2\N=C(c3ccc(I)cc3)OC2=O)ccc1OC(C)C. The molecule has 0 saturated carbocycles. The molecule has 134 valence electrons. The first-order valence-corrected chi connectivity index (χ1v) is 9.17. The molecule has 6 heteroatoms. The maximum absolute atomic E-state index is 12.1. The molecule has 0 unspecified atom stereocenters. The fraction of sp³-hybridized carbons (Fsp3) is 0.200. The first-order chi connectivity index (χ1) is 12.5. The molecule has 0 N–H and O–H groups in total. The van der Waals surface area contributed by atoms with Gasteiger partial charge in [0.05, 0.1) is 13.2 Å². The molecule has 3 rings (SSSR count). The average molecular weight is 463 g/mol. The predicted octanol–water partition coefficient (Wildman–Crippen LogP) is 4.43. The van der Waals surface area contributed by atoms with E-state index in [2.05, 4.69) is 27.6 Å². The van der Waals surface area contributed by atoms with Gasteiger partial charge in [0.2, 0.25) is 5.90 Å². The highest BCUT2D eigenvalue weighted by Gasteiger charge is 2.24. The zero-order valence-electron chi connectivity index (χ0n) is 14.7. The second kappa shape index (κ2) is 7.90. The van der Waals surface area contributed by atoms with Gasteiger partial charge in [0.1, 0.15) is 0 Å². The van der Waals surface area contributed by atoms with E-state index in [1.807, 2.05) is 50.2 Å². The van der Waals surface area contributed by atoms with Crippen LogP contribution in [-0.2, 0) is 9.53 Å². The minimum atomic E-state index is -0.472.